The van der Waals surface area contributed by atoms with E-state index in [0.29, 0.717) is 6.61 Å². The smallest absolute Gasteiger partial charge is 0.253 e. The minimum Gasteiger partial charge on any atom is -0.371 e. The van der Waals surface area contributed by atoms with E-state index >= 15 is 0 Å². The number of amides is 1. The summed E-state index contributed by atoms with van der Waals surface area (Å²) in [4.78, 5) is 19.1. The molecule has 1 atom stereocenters. The van der Waals surface area contributed by atoms with Crippen molar-refractivity contribution in [3.8, 4) is 0 Å². The van der Waals surface area contributed by atoms with Crippen LogP contribution in [0, 0.1) is 13.8 Å². The van der Waals surface area contributed by atoms with Gasteiger partial charge in [0, 0.05) is 30.1 Å². The Labute approximate surface area is 159 Å². The minimum atomic E-state index is 0.147. The molecule has 0 N–H and O–H groups in total. The van der Waals surface area contributed by atoms with E-state index in [-0.39, 0.29) is 16.8 Å². The Morgan fingerprint density at radius 3 is 2.85 bits per heavy atom. The van der Waals surface area contributed by atoms with Gasteiger partial charge in [0.2, 0.25) is 0 Å². The Balaban J connectivity index is 1.29. The molecular weight excluding hydrogens is 344 g/mol. The van der Waals surface area contributed by atoms with E-state index in [2.05, 4.69) is 4.98 Å². The van der Waals surface area contributed by atoms with Gasteiger partial charge >= 0.3 is 0 Å². The van der Waals surface area contributed by atoms with Crippen LogP contribution in [0.25, 0.3) is 0 Å². The first-order chi connectivity index (χ1) is 12.5. The molecule has 1 aromatic heterocycles. The van der Waals surface area contributed by atoms with Crippen LogP contribution in [0.3, 0.4) is 0 Å². The highest BCUT2D eigenvalue weighted by Gasteiger charge is 2.51. The number of benzene rings is 1. The maximum atomic E-state index is 12.6. The summed E-state index contributed by atoms with van der Waals surface area (Å²) >= 11 is 1.96. The van der Waals surface area contributed by atoms with Crippen LogP contribution in [-0.2, 0) is 11.3 Å². The van der Waals surface area contributed by atoms with Gasteiger partial charge in [-0.3, -0.25) is 9.78 Å². The van der Waals surface area contributed by atoms with Crippen LogP contribution < -0.4 is 0 Å². The summed E-state index contributed by atoms with van der Waals surface area (Å²) in [6.07, 6.45) is 1.26. The van der Waals surface area contributed by atoms with Crippen molar-refractivity contribution >= 4 is 17.7 Å². The summed E-state index contributed by atoms with van der Waals surface area (Å²) in [5.74, 6) is 1.14. The van der Waals surface area contributed by atoms with Crippen LogP contribution in [0.1, 0.15) is 33.7 Å². The summed E-state index contributed by atoms with van der Waals surface area (Å²) in [5.41, 5.74) is 3.93. The van der Waals surface area contributed by atoms with Crippen molar-refractivity contribution in [3.05, 3.63) is 65.0 Å². The largest absolute Gasteiger partial charge is 0.371 e. The molecule has 2 saturated heterocycles. The number of nitrogens with zero attached hydrogens (tertiary/aromatic N) is 2. The fourth-order valence-electron chi connectivity index (χ4n) is 3.77. The van der Waals surface area contributed by atoms with Crippen LogP contribution in [0.4, 0.5) is 0 Å². The molecule has 0 bridgehead atoms. The number of carbonyl (C=O) groups excluding carboxylic acids is 1. The molecule has 136 valence electrons. The third-order valence-electron chi connectivity index (χ3n) is 5.10. The lowest BCUT2D eigenvalue weighted by Gasteiger charge is -2.47. The number of likely N-dealkylation sites (tertiary alicyclic amines) is 1. The van der Waals surface area contributed by atoms with Gasteiger partial charge in [-0.1, -0.05) is 23.8 Å². The SMILES string of the molecule is Cc1cccc(C(=O)N2CC3(C[C@H](OCc4cccc(C)n4)CS3)C2)c1. The molecule has 3 heterocycles. The van der Waals surface area contributed by atoms with Crippen LogP contribution >= 0.6 is 11.8 Å². The highest BCUT2D eigenvalue weighted by molar-refractivity contribution is 8.01. The molecule has 2 aliphatic rings. The average Bonchev–Trinajstić information content (AvgIpc) is 3.03. The Morgan fingerprint density at radius 2 is 2.08 bits per heavy atom. The normalized spacial score (nSPS) is 21.0. The lowest BCUT2D eigenvalue weighted by atomic mass is 9.92. The van der Waals surface area contributed by atoms with Gasteiger partial charge in [0.1, 0.15) is 0 Å². The second-order valence-electron chi connectivity index (χ2n) is 7.43. The Bertz CT molecular complexity index is 817. The second kappa shape index (κ2) is 7.05. The topological polar surface area (TPSA) is 42.4 Å². The number of rotatable bonds is 4. The van der Waals surface area contributed by atoms with Gasteiger partial charge in [-0.15, -0.1) is 11.8 Å². The van der Waals surface area contributed by atoms with Gasteiger partial charge < -0.3 is 9.64 Å². The van der Waals surface area contributed by atoms with Crippen molar-refractivity contribution in [2.45, 2.75) is 37.7 Å². The standard InChI is InChI=1S/C21H24N2O2S/c1-15-5-3-7-17(9-15)20(24)23-13-21(14-23)10-19(12-26-21)25-11-18-8-4-6-16(2)22-18/h3-9,19H,10-14H2,1-2H3/t19-/m0/s1. The van der Waals surface area contributed by atoms with Crippen molar-refractivity contribution in [2.75, 3.05) is 18.8 Å². The quantitative estimate of drug-likeness (QED) is 0.827. The molecular formula is C21H24N2O2S. The average molecular weight is 369 g/mol. The third kappa shape index (κ3) is 3.64. The van der Waals surface area contributed by atoms with Gasteiger partial charge in [-0.2, -0.15) is 0 Å². The van der Waals surface area contributed by atoms with E-state index in [0.717, 1.165) is 47.8 Å². The zero-order valence-corrected chi connectivity index (χ0v) is 16.1. The zero-order chi connectivity index (χ0) is 18.1. The Morgan fingerprint density at radius 1 is 1.27 bits per heavy atom. The number of ether oxygens (including phenoxy) is 1. The van der Waals surface area contributed by atoms with Crippen molar-refractivity contribution in [3.63, 3.8) is 0 Å². The number of thioether (sulfide) groups is 1. The first-order valence-corrected chi connectivity index (χ1v) is 10.1. The van der Waals surface area contributed by atoms with E-state index in [1.165, 1.54) is 0 Å². The molecule has 0 aliphatic carbocycles. The summed E-state index contributed by atoms with van der Waals surface area (Å²) in [7, 11) is 0. The zero-order valence-electron chi connectivity index (χ0n) is 15.3. The lowest BCUT2D eigenvalue weighted by molar-refractivity contribution is 0.0245. The molecule has 4 nitrogen and oxygen atoms in total. The molecule has 0 saturated carbocycles. The maximum Gasteiger partial charge on any atom is 0.253 e. The molecule has 1 spiro atoms. The third-order valence-corrected chi connectivity index (χ3v) is 6.67. The van der Waals surface area contributed by atoms with Crippen molar-refractivity contribution in [1.82, 2.24) is 9.88 Å². The van der Waals surface area contributed by atoms with Crippen LogP contribution in [-0.4, -0.2) is 45.5 Å². The van der Waals surface area contributed by atoms with Crippen molar-refractivity contribution in [1.29, 1.82) is 0 Å². The summed E-state index contributed by atoms with van der Waals surface area (Å²) < 4.78 is 6.27. The van der Waals surface area contributed by atoms with E-state index in [1.54, 1.807) is 0 Å². The molecule has 2 fully saturated rings. The number of pyridine rings is 1. The molecule has 2 aliphatic heterocycles. The molecule has 5 heteroatoms. The Kier molecular flexibility index (Phi) is 4.76. The van der Waals surface area contributed by atoms with E-state index in [9.17, 15) is 4.79 Å². The van der Waals surface area contributed by atoms with Gasteiger partial charge in [0.15, 0.2) is 0 Å². The fourth-order valence-corrected chi connectivity index (χ4v) is 5.32. The van der Waals surface area contributed by atoms with Crippen LogP contribution in [0.15, 0.2) is 42.5 Å². The van der Waals surface area contributed by atoms with Gasteiger partial charge in [-0.05, 0) is 44.5 Å². The van der Waals surface area contributed by atoms with Crippen LogP contribution in [0.5, 0.6) is 0 Å². The molecule has 0 radical (unpaired) electrons. The number of aryl methyl sites for hydroxylation is 2. The highest BCUT2D eigenvalue weighted by Crippen LogP contribution is 2.46. The molecule has 2 aromatic rings. The lowest BCUT2D eigenvalue weighted by Crippen LogP contribution is -2.60. The van der Waals surface area contributed by atoms with E-state index < -0.39 is 0 Å². The number of hydrogen-bond acceptors (Lipinski definition) is 4. The molecule has 1 amide bonds. The molecule has 0 unspecified atom stereocenters. The van der Waals surface area contributed by atoms with Gasteiger partial charge in [0.25, 0.3) is 5.91 Å². The number of carbonyl (C=O) groups is 1. The fraction of sp³-hybridized carbons (Fsp3) is 0.429. The predicted molar refractivity (Wildman–Crippen MR) is 104 cm³/mol. The molecule has 4 rings (SSSR count). The summed E-state index contributed by atoms with van der Waals surface area (Å²) in [5, 5.41) is 0. The predicted octanol–water partition coefficient (Wildman–Crippen LogP) is 3.62. The van der Waals surface area contributed by atoms with E-state index in [1.807, 2.05) is 73.0 Å². The minimum absolute atomic E-state index is 0.147. The van der Waals surface area contributed by atoms with Crippen LogP contribution in [0.2, 0.25) is 0 Å². The van der Waals surface area contributed by atoms with E-state index in [4.69, 9.17) is 4.74 Å². The number of aromatic nitrogens is 1. The summed E-state index contributed by atoms with van der Waals surface area (Å²) in [6, 6.07) is 13.9. The monoisotopic (exact) mass is 368 g/mol. The molecule has 1 aromatic carbocycles. The molecule has 26 heavy (non-hydrogen) atoms. The van der Waals surface area contributed by atoms with Gasteiger partial charge in [-0.25, -0.2) is 0 Å². The first-order valence-electron chi connectivity index (χ1n) is 9.07. The van der Waals surface area contributed by atoms with Crippen molar-refractivity contribution < 1.29 is 9.53 Å². The first kappa shape index (κ1) is 17.6. The maximum absolute atomic E-state index is 12.6. The Hall–Kier alpha value is -1.85. The highest BCUT2D eigenvalue weighted by atomic mass is 32.2. The summed E-state index contributed by atoms with van der Waals surface area (Å²) in [6.45, 7) is 6.24. The second-order valence-corrected chi connectivity index (χ2v) is 8.92. The van der Waals surface area contributed by atoms with Gasteiger partial charge in [0.05, 0.1) is 23.2 Å². The number of hydrogen-bond donors (Lipinski definition) is 0. The van der Waals surface area contributed by atoms with Crippen molar-refractivity contribution in [2.24, 2.45) is 0 Å².